The zero-order chi connectivity index (χ0) is 9.47. The molecule has 0 bridgehead atoms. The maximum atomic E-state index is 14.4. The van der Waals surface area contributed by atoms with E-state index < -0.39 is 5.67 Å². The fourth-order valence-corrected chi connectivity index (χ4v) is 3.95. The molecule has 0 aliphatic heterocycles. The minimum absolute atomic E-state index is 0.247. The quantitative estimate of drug-likeness (QED) is 0.618. The molecule has 1 saturated carbocycles. The minimum Gasteiger partial charge on any atom is -0.243 e. The van der Waals surface area contributed by atoms with Crippen LogP contribution in [-0.2, 0) is 0 Å². The normalized spacial score (nSPS) is 39.5. The van der Waals surface area contributed by atoms with Gasteiger partial charge in [0.2, 0.25) is 0 Å². The van der Waals surface area contributed by atoms with Crippen LogP contribution in [0, 0.1) is 5.92 Å². The summed E-state index contributed by atoms with van der Waals surface area (Å²) in [7, 11) is 0. The molecule has 13 heavy (non-hydrogen) atoms. The Labute approximate surface area is 84.0 Å². The van der Waals surface area contributed by atoms with Gasteiger partial charge < -0.3 is 0 Å². The lowest BCUT2D eigenvalue weighted by Gasteiger charge is -2.33. The lowest BCUT2D eigenvalue weighted by Crippen LogP contribution is -2.32. The molecule has 0 heterocycles. The van der Waals surface area contributed by atoms with Crippen LogP contribution in [0.4, 0.5) is 4.39 Å². The van der Waals surface area contributed by atoms with Gasteiger partial charge in [-0.15, -0.1) is 11.8 Å². The minimum atomic E-state index is -0.860. The summed E-state index contributed by atoms with van der Waals surface area (Å²) in [5.74, 6) is 0.247. The SMILES string of the molecule is CSC1=C(C)CC2(F)CCCCC12. The van der Waals surface area contributed by atoms with Gasteiger partial charge in [-0.2, -0.15) is 0 Å². The van der Waals surface area contributed by atoms with E-state index in [0.717, 1.165) is 19.3 Å². The van der Waals surface area contributed by atoms with Crippen LogP contribution in [-0.4, -0.2) is 11.9 Å². The van der Waals surface area contributed by atoms with Crippen molar-refractivity contribution in [2.75, 3.05) is 6.26 Å². The van der Waals surface area contributed by atoms with Gasteiger partial charge in [-0.25, -0.2) is 4.39 Å². The van der Waals surface area contributed by atoms with Gasteiger partial charge in [0, 0.05) is 12.3 Å². The number of fused-ring (bicyclic) bond motifs is 1. The summed E-state index contributed by atoms with van der Waals surface area (Å²) < 4.78 is 14.4. The second-order valence-corrected chi connectivity index (χ2v) is 5.21. The van der Waals surface area contributed by atoms with Crippen molar-refractivity contribution in [2.45, 2.75) is 44.7 Å². The zero-order valence-corrected chi connectivity index (χ0v) is 9.22. The van der Waals surface area contributed by atoms with Crippen LogP contribution in [0.1, 0.15) is 39.0 Å². The van der Waals surface area contributed by atoms with Crippen molar-refractivity contribution < 1.29 is 4.39 Å². The molecule has 74 valence electrons. The number of allylic oxidation sites excluding steroid dienone is 2. The third-order valence-electron chi connectivity index (χ3n) is 3.48. The Balaban J connectivity index is 2.26. The first-order valence-electron chi connectivity index (χ1n) is 5.10. The molecule has 0 amide bonds. The van der Waals surface area contributed by atoms with E-state index >= 15 is 0 Å². The summed E-state index contributed by atoms with van der Waals surface area (Å²) in [6.45, 7) is 2.10. The molecular weight excluding hydrogens is 183 g/mol. The van der Waals surface area contributed by atoms with Crippen molar-refractivity contribution in [3.8, 4) is 0 Å². The van der Waals surface area contributed by atoms with E-state index in [0.29, 0.717) is 6.42 Å². The van der Waals surface area contributed by atoms with E-state index in [1.54, 1.807) is 11.8 Å². The second kappa shape index (κ2) is 3.30. The predicted octanol–water partition coefficient (Wildman–Crippen LogP) is 3.93. The molecule has 0 spiro atoms. The van der Waals surface area contributed by atoms with Gasteiger partial charge in [-0.3, -0.25) is 0 Å². The molecule has 2 aliphatic carbocycles. The summed E-state index contributed by atoms with van der Waals surface area (Å²) in [5.41, 5.74) is 0.447. The Morgan fingerprint density at radius 2 is 2.23 bits per heavy atom. The molecule has 0 aromatic carbocycles. The number of rotatable bonds is 1. The monoisotopic (exact) mass is 200 g/mol. The van der Waals surface area contributed by atoms with E-state index in [4.69, 9.17) is 0 Å². The molecular formula is C11H17FS. The van der Waals surface area contributed by atoms with Crippen LogP contribution in [0.3, 0.4) is 0 Å². The molecule has 0 saturated heterocycles. The molecule has 0 nitrogen and oxygen atoms in total. The summed E-state index contributed by atoms with van der Waals surface area (Å²) >= 11 is 1.76. The van der Waals surface area contributed by atoms with Gasteiger partial charge in [0.1, 0.15) is 5.67 Å². The summed E-state index contributed by atoms with van der Waals surface area (Å²) in [4.78, 5) is 1.35. The number of thioether (sulfide) groups is 1. The highest BCUT2D eigenvalue weighted by Gasteiger charge is 2.47. The lowest BCUT2D eigenvalue weighted by atomic mass is 9.78. The molecule has 0 aromatic rings. The highest BCUT2D eigenvalue weighted by Crippen LogP contribution is 2.53. The molecule has 2 atom stereocenters. The lowest BCUT2D eigenvalue weighted by molar-refractivity contribution is 0.0754. The van der Waals surface area contributed by atoms with Gasteiger partial charge >= 0.3 is 0 Å². The van der Waals surface area contributed by atoms with Crippen LogP contribution < -0.4 is 0 Å². The molecule has 0 radical (unpaired) electrons. The molecule has 0 aromatic heterocycles. The van der Waals surface area contributed by atoms with Crippen molar-refractivity contribution >= 4 is 11.8 Å². The van der Waals surface area contributed by atoms with Gasteiger partial charge in [-0.05, 0) is 30.9 Å². The molecule has 2 aliphatic rings. The standard InChI is InChI=1S/C11H17FS/c1-8-7-11(12)6-4-3-5-9(11)10(8)13-2/h9H,3-7H2,1-2H3. The number of halogens is 1. The first-order valence-corrected chi connectivity index (χ1v) is 6.32. The Hall–Kier alpha value is 0.0200. The van der Waals surface area contributed by atoms with E-state index in [9.17, 15) is 4.39 Å². The number of alkyl halides is 1. The highest BCUT2D eigenvalue weighted by atomic mass is 32.2. The van der Waals surface area contributed by atoms with Crippen molar-refractivity contribution in [3.05, 3.63) is 10.5 Å². The smallest absolute Gasteiger partial charge is 0.122 e. The van der Waals surface area contributed by atoms with E-state index in [2.05, 4.69) is 13.2 Å². The zero-order valence-electron chi connectivity index (χ0n) is 8.40. The van der Waals surface area contributed by atoms with Gasteiger partial charge in [0.05, 0.1) is 0 Å². The van der Waals surface area contributed by atoms with Crippen molar-refractivity contribution in [3.63, 3.8) is 0 Å². The van der Waals surface area contributed by atoms with Crippen LogP contribution in [0.2, 0.25) is 0 Å². The Morgan fingerprint density at radius 1 is 1.46 bits per heavy atom. The second-order valence-electron chi connectivity index (χ2n) is 4.36. The van der Waals surface area contributed by atoms with Gasteiger partial charge in [0.25, 0.3) is 0 Å². The Kier molecular flexibility index (Phi) is 2.43. The number of hydrogen-bond donors (Lipinski definition) is 0. The fourth-order valence-electron chi connectivity index (χ4n) is 2.92. The van der Waals surface area contributed by atoms with Crippen LogP contribution in [0.15, 0.2) is 10.5 Å². The largest absolute Gasteiger partial charge is 0.243 e. The average molecular weight is 200 g/mol. The number of hydrogen-bond acceptors (Lipinski definition) is 1. The molecule has 2 unspecified atom stereocenters. The fraction of sp³-hybridized carbons (Fsp3) is 0.818. The maximum Gasteiger partial charge on any atom is 0.122 e. The molecule has 1 fully saturated rings. The van der Waals surface area contributed by atoms with Crippen LogP contribution >= 0.6 is 11.8 Å². The van der Waals surface area contributed by atoms with Crippen molar-refractivity contribution in [2.24, 2.45) is 5.92 Å². The van der Waals surface area contributed by atoms with Crippen LogP contribution in [0.25, 0.3) is 0 Å². The third kappa shape index (κ3) is 1.43. The molecule has 2 heteroatoms. The van der Waals surface area contributed by atoms with Gasteiger partial charge in [-0.1, -0.05) is 18.4 Å². The van der Waals surface area contributed by atoms with E-state index in [1.165, 1.54) is 16.9 Å². The third-order valence-corrected chi connectivity index (χ3v) is 4.55. The first kappa shape index (κ1) is 9.57. The summed E-state index contributed by atoms with van der Waals surface area (Å²) in [5, 5.41) is 0. The predicted molar refractivity (Wildman–Crippen MR) is 56.6 cm³/mol. The summed E-state index contributed by atoms with van der Waals surface area (Å²) in [6.07, 6.45) is 6.95. The average Bonchev–Trinajstić information content (AvgIpc) is 2.34. The Bertz CT molecular complexity index is 246. The summed E-state index contributed by atoms with van der Waals surface area (Å²) in [6, 6.07) is 0. The van der Waals surface area contributed by atoms with Crippen molar-refractivity contribution in [1.82, 2.24) is 0 Å². The first-order chi connectivity index (χ1) is 6.17. The van der Waals surface area contributed by atoms with E-state index in [-0.39, 0.29) is 5.92 Å². The van der Waals surface area contributed by atoms with Crippen molar-refractivity contribution in [1.29, 1.82) is 0 Å². The Morgan fingerprint density at radius 3 is 2.92 bits per heavy atom. The highest BCUT2D eigenvalue weighted by molar-refractivity contribution is 8.02. The molecule has 0 N–H and O–H groups in total. The maximum absolute atomic E-state index is 14.4. The van der Waals surface area contributed by atoms with Gasteiger partial charge in [0.15, 0.2) is 0 Å². The van der Waals surface area contributed by atoms with E-state index in [1.807, 2.05) is 0 Å². The van der Waals surface area contributed by atoms with Crippen LogP contribution in [0.5, 0.6) is 0 Å². The molecule has 2 rings (SSSR count). The topological polar surface area (TPSA) is 0 Å².